The van der Waals surface area contributed by atoms with E-state index in [1.54, 1.807) is 18.2 Å². The summed E-state index contributed by atoms with van der Waals surface area (Å²) < 4.78 is 37.1. The Bertz CT molecular complexity index is 567. The SMILES string of the molecule is CC(Nc1nnc(C(F)(F)F)s1)c1cccc(N)c1. The number of halogens is 3. The van der Waals surface area contributed by atoms with E-state index in [2.05, 4.69) is 15.5 Å². The molecule has 1 heterocycles. The molecule has 1 atom stereocenters. The summed E-state index contributed by atoms with van der Waals surface area (Å²) in [5.74, 6) is 0. The van der Waals surface area contributed by atoms with Gasteiger partial charge in [0.2, 0.25) is 10.1 Å². The summed E-state index contributed by atoms with van der Waals surface area (Å²) in [6, 6.07) is 6.90. The number of alkyl halides is 3. The van der Waals surface area contributed by atoms with Gasteiger partial charge in [0.05, 0.1) is 6.04 Å². The Balaban J connectivity index is 2.11. The maximum Gasteiger partial charge on any atom is 0.445 e. The summed E-state index contributed by atoms with van der Waals surface area (Å²) in [6.45, 7) is 1.81. The lowest BCUT2D eigenvalue weighted by Crippen LogP contribution is -2.06. The lowest BCUT2D eigenvalue weighted by atomic mass is 10.1. The zero-order valence-electron chi connectivity index (χ0n) is 9.90. The van der Waals surface area contributed by atoms with Crippen molar-refractivity contribution < 1.29 is 13.2 Å². The quantitative estimate of drug-likeness (QED) is 0.850. The van der Waals surface area contributed by atoms with Gasteiger partial charge in [0.15, 0.2) is 0 Å². The minimum atomic E-state index is -4.46. The molecule has 19 heavy (non-hydrogen) atoms. The third kappa shape index (κ3) is 3.34. The summed E-state index contributed by atoms with van der Waals surface area (Å²) in [5.41, 5.74) is 7.11. The van der Waals surface area contributed by atoms with Gasteiger partial charge in [-0.3, -0.25) is 0 Å². The first-order valence-electron chi connectivity index (χ1n) is 5.39. The summed E-state index contributed by atoms with van der Waals surface area (Å²) in [7, 11) is 0. The Morgan fingerprint density at radius 1 is 1.32 bits per heavy atom. The third-order valence-corrected chi connectivity index (χ3v) is 3.32. The molecule has 0 radical (unpaired) electrons. The fourth-order valence-electron chi connectivity index (χ4n) is 1.49. The van der Waals surface area contributed by atoms with Crippen molar-refractivity contribution in [2.75, 3.05) is 11.1 Å². The van der Waals surface area contributed by atoms with Gasteiger partial charge in [-0.05, 0) is 24.6 Å². The van der Waals surface area contributed by atoms with Crippen molar-refractivity contribution >= 4 is 22.2 Å². The fraction of sp³-hybridized carbons (Fsp3) is 0.273. The Morgan fingerprint density at radius 3 is 2.63 bits per heavy atom. The molecule has 0 aliphatic rings. The normalized spacial score (nSPS) is 13.3. The van der Waals surface area contributed by atoms with Crippen LogP contribution in [0.25, 0.3) is 0 Å². The van der Waals surface area contributed by atoms with E-state index in [1.165, 1.54) is 0 Å². The maximum absolute atomic E-state index is 12.4. The molecule has 0 aliphatic heterocycles. The van der Waals surface area contributed by atoms with Gasteiger partial charge in [-0.1, -0.05) is 23.5 Å². The van der Waals surface area contributed by atoms with Gasteiger partial charge in [-0.2, -0.15) is 13.2 Å². The zero-order valence-corrected chi connectivity index (χ0v) is 10.7. The summed E-state index contributed by atoms with van der Waals surface area (Å²) >= 11 is 0.477. The van der Waals surface area contributed by atoms with E-state index in [0.717, 1.165) is 5.56 Å². The van der Waals surface area contributed by atoms with Gasteiger partial charge in [-0.15, -0.1) is 10.2 Å². The first kappa shape index (κ1) is 13.6. The Kier molecular flexibility index (Phi) is 3.61. The van der Waals surface area contributed by atoms with E-state index in [0.29, 0.717) is 17.0 Å². The molecule has 1 unspecified atom stereocenters. The van der Waals surface area contributed by atoms with E-state index in [4.69, 9.17) is 5.73 Å². The number of benzene rings is 1. The van der Waals surface area contributed by atoms with E-state index in [9.17, 15) is 13.2 Å². The van der Waals surface area contributed by atoms with Crippen molar-refractivity contribution in [2.45, 2.75) is 19.1 Å². The van der Waals surface area contributed by atoms with Crippen LogP contribution in [0.4, 0.5) is 24.0 Å². The van der Waals surface area contributed by atoms with Gasteiger partial charge in [-0.25, -0.2) is 0 Å². The first-order valence-corrected chi connectivity index (χ1v) is 6.20. The molecule has 0 bridgehead atoms. The Hall–Kier alpha value is -1.83. The second-order valence-corrected chi connectivity index (χ2v) is 4.92. The van der Waals surface area contributed by atoms with Gasteiger partial charge >= 0.3 is 6.18 Å². The number of rotatable bonds is 3. The van der Waals surface area contributed by atoms with Crippen LogP contribution in [0.15, 0.2) is 24.3 Å². The molecule has 1 aromatic carbocycles. The Labute approximate surface area is 111 Å². The van der Waals surface area contributed by atoms with Crippen LogP contribution in [-0.2, 0) is 6.18 Å². The number of nitrogens with two attached hydrogens (primary N) is 1. The van der Waals surface area contributed by atoms with Crippen LogP contribution in [0.5, 0.6) is 0 Å². The maximum atomic E-state index is 12.4. The highest BCUT2D eigenvalue weighted by Gasteiger charge is 2.35. The molecular weight excluding hydrogens is 277 g/mol. The topological polar surface area (TPSA) is 63.8 Å². The molecule has 0 amide bonds. The van der Waals surface area contributed by atoms with Crippen LogP contribution in [0.3, 0.4) is 0 Å². The molecule has 102 valence electrons. The molecule has 1 aromatic heterocycles. The first-order chi connectivity index (χ1) is 8.86. The van der Waals surface area contributed by atoms with Crippen LogP contribution >= 0.6 is 11.3 Å². The summed E-state index contributed by atoms with van der Waals surface area (Å²) in [4.78, 5) is 0. The van der Waals surface area contributed by atoms with Crippen molar-refractivity contribution in [3.63, 3.8) is 0 Å². The van der Waals surface area contributed by atoms with E-state index < -0.39 is 11.2 Å². The average molecular weight is 288 g/mol. The molecule has 0 saturated heterocycles. The fourth-order valence-corrected chi connectivity index (χ4v) is 2.19. The number of nitrogens with zero attached hydrogens (tertiary/aromatic N) is 2. The molecule has 0 spiro atoms. The van der Waals surface area contributed by atoms with Crippen LogP contribution in [0.1, 0.15) is 23.5 Å². The highest BCUT2D eigenvalue weighted by Crippen LogP contribution is 2.34. The molecule has 2 rings (SSSR count). The van der Waals surface area contributed by atoms with Crippen molar-refractivity contribution in [2.24, 2.45) is 0 Å². The molecule has 2 aromatic rings. The van der Waals surface area contributed by atoms with Crippen molar-refractivity contribution in [3.8, 4) is 0 Å². The smallest absolute Gasteiger partial charge is 0.399 e. The zero-order chi connectivity index (χ0) is 14.0. The van der Waals surface area contributed by atoms with E-state index >= 15 is 0 Å². The van der Waals surface area contributed by atoms with Crippen molar-refractivity contribution in [1.82, 2.24) is 10.2 Å². The van der Waals surface area contributed by atoms with Gasteiger partial charge in [0, 0.05) is 5.69 Å². The number of hydrogen-bond donors (Lipinski definition) is 2. The predicted molar refractivity (Wildman–Crippen MR) is 67.8 cm³/mol. The highest BCUT2D eigenvalue weighted by atomic mass is 32.1. The second kappa shape index (κ2) is 5.04. The number of hydrogen-bond acceptors (Lipinski definition) is 5. The molecule has 0 aliphatic carbocycles. The number of nitrogen functional groups attached to an aromatic ring is 1. The van der Waals surface area contributed by atoms with Crippen LogP contribution in [0.2, 0.25) is 0 Å². The van der Waals surface area contributed by atoms with Crippen molar-refractivity contribution in [1.29, 1.82) is 0 Å². The molecule has 8 heteroatoms. The largest absolute Gasteiger partial charge is 0.445 e. The lowest BCUT2D eigenvalue weighted by Gasteiger charge is -2.13. The minimum absolute atomic E-state index is 0.127. The van der Waals surface area contributed by atoms with Crippen LogP contribution < -0.4 is 11.1 Å². The van der Waals surface area contributed by atoms with Crippen LogP contribution in [0, 0.1) is 0 Å². The monoisotopic (exact) mass is 288 g/mol. The van der Waals surface area contributed by atoms with Crippen molar-refractivity contribution in [3.05, 3.63) is 34.8 Å². The minimum Gasteiger partial charge on any atom is -0.399 e. The molecule has 0 fully saturated rings. The molecule has 3 N–H and O–H groups in total. The lowest BCUT2D eigenvalue weighted by molar-refractivity contribution is -0.138. The summed E-state index contributed by atoms with van der Waals surface area (Å²) in [6.07, 6.45) is -4.46. The number of aromatic nitrogens is 2. The molecule has 4 nitrogen and oxygen atoms in total. The predicted octanol–water partition coefficient (Wildman–Crippen LogP) is 3.31. The van der Waals surface area contributed by atoms with Gasteiger partial charge in [0.25, 0.3) is 0 Å². The standard InChI is InChI=1S/C11H11F3N4S/c1-6(7-3-2-4-8(15)5-7)16-10-18-17-9(19-10)11(12,13)14/h2-6H,15H2,1H3,(H,16,18). The molecular formula is C11H11F3N4S. The number of nitrogens with one attached hydrogen (secondary N) is 1. The molecule has 0 saturated carbocycles. The number of anilines is 2. The van der Waals surface area contributed by atoms with Crippen LogP contribution in [-0.4, -0.2) is 10.2 Å². The van der Waals surface area contributed by atoms with Gasteiger partial charge < -0.3 is 11.1 Å². The Morgan fingerprint density at radius 2 is 2.05 bits per heavy atom. The van der Waals surface area contributed by atoms with E-state index in [1.807, 2.05) is 13.0 Å². The second-order valence-electron chi connectivity index (χ2n) is 3.95. The summed E-state index contributed by atoms with van der Waals surface area (Å²) in [5, 5.41) is 8.62. The highest BCUT2D eigenvalue weighted by molar-refractivity contribution is 7.15. The third-order valence-electron chi connectivity index (χ3n) is 2.42. The van der Waals surface area contributed by atoms with E-state index in [-0.39, 0.29) is 11.2 Å². The van der Waals surface area contributed by atoms with Gasteiger partial charge in [0.1, 0.15) is 0 Å². The average Bonchev–Trinajstić information content (AvgIpc) is 2.77.